The second kappa shape index (κ2) is 5.44. The number of halogens is 1. The Bertz CT molecular complexity index is 561. The van der Waals surface area contributed by atoms with Crippen LogP contribution in [0, 0.1) is 12.3 Å². The number of rotatable bonds is 2. The summed E-state index contributed by atoms with van der Waals surface area (Å²) in [5.74, 6) is -0.856. The molecule has 1 unspecified atom stereocenters. The average Bonchev–Trinajstić information content (AvgIpc) is 2.78. The molecule has 0 spiro atoms. The van der Waals surface area contributed by atoms with Gasteiger partial charge in [-0.1, -0.05) is 22.0 Å². The van der Waals surface area contributed by atoms with Gasteiger partial charge in [0.15, 0.2) is 0 Å². The number of hydrogen-bond acceptors (Lipinski definition) is 2. The highest BCUT2D eigenvalue weighted by molar-refractivity contribution is 9.10. The number of carbonyl (C=O) groups excluding carboxylic acids is 1. The van der Waals surface area contributed by atoms with E-state index in [4.69, 9.17) is 5.11 Å². The number of benzene rings is 1. The third-order valence-corrected chi connectivity index (χ3v) is 4.55. The van der Waals surface area contributed by atoms with Crippen molar-refractivity contribution in [3.8, 4) is 0 Å². The Morgan fingerprint density at radius 2 is 2.15 bits per heavy atom. The number of urea groups is 1. The van der Waals surface area contributed by atoms with E-state index in [2.05, 4.69) is 21.2 Å². The molecule has 20 heavy (non-hydrogen) atoms. The molecule has 1 aromatic carbocycles. The molecule has 2 rings (SSSR count). The molecule has 0 aliphatic carbocycles. The van der Waals surface area contributed by atoms with Gasteiger partial charge in [-0.3, -0.25) is 4.79 Å². The molecule has 0 saturated carbocycles. The molecule has 0 radical (unpaired) electrons. The van der Waals surface area contributed by atoms with Gasteiger partial charge in [0, 0.05) is 23.2 Å². The number of carbonyl (C=O) groups is 2. The lowest BCUT2D eigenvalue weighted by Crippen LogP contribution is -2.37. The average molecular weight is 341 g/mol. The van der Waals surface area contributed by atoms with Crippen LogP contribution in [0.15, 0.2) is 22.7 Å². The van der Waals surface area contributed by atoms with Gasteiger partial charge < -0.3 is 15.3 Å². The van der Waals surface area contributed by atoms with E-state index >= 15 is 0 Å². The SMILES string of the molecule is Cc1ccc(NC(=O)N2CCC(C)(C(=O)O)C2)cc1Br. The molecular weight excluding hydrogens is 324 g/mol. The molecule has 1 aliphatic rings. The van der Waals surface area contributed by atoms with Crippen LogP contribution in [0.1, 0.15) is 18.9 Å². The summed E-state index contributed by atoms with van der Waals surface area (Å²) in [6.07, 6.45) is 0.480. The quantitative estimate of drug-likeness (QED) is 0.869. The molecule has 1 aliphatic heterocycles. The van der Waals surface area contributed by atoms with Crippen molar-refractivity contribution < 1.29 is 14.7 Å². The summed E-state index contributed by atoms with van der Waals surface area (Å²) >= 11 is 3.41. The Balaban J connectivity index is 2.03. The number of amides is 2. The largest absolute Gasteiger partial charge is 0.481 e. The minimum Gasteiger partial charge on any atom is -0.481 e. The van der Waals surface area contributed by atoms with Crippen molar-refractivity contribution in [1.29, 1.82) is 0 Å². The summed E-state index contributed by atoms with van der Waals surface area (Å²) in [6.45, 7) is 4.34. The van der Waals surface area contributed by atoms with Crippen LogP contribution >= 0.6 is 15.9 Å². The second-order valence-electron chi connectivity index (χ2n) is 5.43. The summed E-state index contributed by atoms with van der Waals surface area (Å²) in [5.41, 5.74) is 0.935. The van der Waals surface area contributed by atoms with Crippen molar-refractivity contribution in [1.82, 2.24) is 4.90 Å². The molecule has 6 heteroatoms. The number of hydrogen-bond donors (Lipinski definition) is 2. The first-order valence-corrected chi connectivity index (χ1v) is 7.17. The highest BCUT2D eigenvalue weighted by Gasteiger charge is 2.42. The van der Waals surface area contributed by atoms with Crippen molar-refractivity contribution in [2.45, 2.75) is 20.3 Å². The van der Waals surface area contributed by atoms with E-state index in [1.54, 1.807) is 11.8 Å². The summed E-state index contributed by atoms with van der Waals surface area (Å²) in [6, 6.07) is 5.31. The van der Waals surface area contributed by atoms with E-state index in [1.807, 2.05) is 25.1 Å². The standard InChI is InChI=1S/C14H17BrN2O3/c1-9-3-4-10(7-11(9)15)16-13(20)17-6-5-14(2,8-17)12(18)19/h3-4,7H,5-6,8H2,1-2H3,(H,16,20)(H,18,19). The van der Waals surface area contributed by atoms with E-state index in [0.29, 0.717) is 18.7 Å². The van der Waals surface area contributed by atoms with E-state index in [1.165, 1.54) is 0 Å². The number of aliphatic carboxylic acids is 1. The maximum Gasteiger partial charge on any atom is 0.321 e. The molecule has 1 aromatic rings. The monoisotopic (exact) mass is 340 g/mol. The lowest BCUT2D eigenvalue weighted by Gasteiger charge is -2.20. The van der Waals surface area contributed by atoms with Gasteiger partial charge in [-0.25, -0.2) is 4.79 Å². The van der Waals surface area contributed by atoms with Gasteiger partial charge in [-0.2, -0.15) is 0 Å². The number of anilines is 1. The zero-order valence-corrected chi connectivity index (χ0v) is 13.0. The van der Waals surface area contributed by atoms with Crippen molar-refractivity contribution in [3.05, 3.63) is 28.2 Å². The number of likely N-dealkylation sites (tertiary alicyclic amines) is 1. The minimum atomic E-state index is -0.856. The Labute approximate surface area is 126 Å². The molecule has 108 valence electrons. The van der Waals surface area contributed by atoms with Gasteiger partial charge in [0.05, 0.1) is 5.41 Å². The van der Waals surface area contributed by atoms with Crippen molar-refractivity contribution in [3.63, 3.8) is 0 Å². The van der Waals surface area contributed by atoms with Crippen LogP contribution in [-0.2, 0) is 4.79 Å². The van der Waals surface area contributed by atoms with E-state index in [0.717, 1.165) is 10.0 Å². The van der Waals surface area contributed by atoms with Crippen LogP contribution < -0.4 is 5.32 Å². The zero-order chi connectivity index (χ0) is 14.9. The van der Waals surface area contributed by atoms with Crippen LogP contribution in [0.25, 0.3) is 0 Å². The Kier molecular flexibility index (Phi) is 4.04. The summed E-state index contributed by atoms with van der Waals surface area (Å²) in [7, 11) is 0. The first-order chi connectivity index (χ1) is 9.32. The Morgan fingerprint density at radius 1 is 1.45 bits per heavy atom. The van der Waals surface area contributed by atoms with Gasteiger partial charge >= 0.3 is 12.0 Å². The van der Waals surface area contributed by atoms with Crippen LogP contribution in [-0.4, -0.2) is 35.1 Å². The Morgan fingerprint density at radius 3 is 2.70 bits per heavy atom. The maximum absolute atomic E-state index is 12.1. The zero-order valence-electron chi connectivity index (χ0n) is 11.4. The number of carboxylic acid groups (broad SMARTS) is 1. The van der Waals surface area contributed by atoms with Crippen molar-refractivity contribution >= 4 is 33.6 Å². The second-order valence-corrected chi connectivity index (χ2v) is 6.29. The Hall–Kier alpha value is -1.56. The van der Waals surface area contributed by atoms with Crippen molar-refractivity contribution in [2.75, 3.05) is 18.4 Å². The van der Waals surface area contributed by atoms with Crippen LogP contribution in [0.2, 0.25) is 0 Å². The smallest absolute Gasteiger partial charge is 0.321 e. The number of nitrogens with zero attached hydrogens (tertiary/aromatic N) is 1. The molecule has 2 amide bonds. The maximum atomic E-state index is 12.1. The predicted octanol–water partition coefficient (Wildman–Crippen LogP) is 3.09. The number of nitrogens with one attached hydrogen (secondary N) is 1. The van der Waals surface area contributed by atoms with E-state index < -0.39 is 11.4 Å². The molecular formula is C14H17BrN2O3. The number of carboxylic acids is 1. The number of aryl methyl sites for hydroxylation is 1. The molecule has 0 aromatic heterocycles. The lowest BCUT2D eigenvalue weighted by atomic mass is 9.90. The van der Waals surface area contributed by atoms with Crippen LogP contribution in [0.5, 0.6) is 0 Å². The molecule has 1 fully saturated rings. The summed E-state index contributed by atoms with van der Waals surface area (Å²) in [5, 5.41) is 12.0. The first-order valence-electron chi connectivity index (χ1n) is 6.37. The van der Waals surface area contributed by atoms with Gasteiger partial charge in [-0.05, 0) is 38.0 Å². The van der Waals surface area contributed by atoms with Gasteiger partial charge in [-0.15, -0.1) is 0 Å². The highest BCUT2D eigenvalue weighted by atomic mass is 79.9. The van der Waals surface area contributed by atoms with Gasteiger partial charge in [0.25, 0.3) is 0 Å². The third kappa shape index (κ3) is 2.95. The molecule has 2 N–H and O–H groups in total. The van der Waals surface area contributed by atoms with Crippen LogP contribution in [0.4, 0.5) is 10.5 Å². The fourth-order valence-electron chi connectivity index (χ4n) is 2.18. The minimum absolute atomic E-state index is 0.237. The summed E-state index contributed by atoms with van der Waals surface area (Å²) in [4.78, 5) is 24.8. The molecule has 1 heterocycles. The normalized spacial score (nSPS) is 21.9. The first kappa shape index (κ1) is 14.8. The third-order valence-electron chi connectivity index (χ3n) is 3.70. The highest BCUT2D eigenvalue weighted by Crippen LogP contribution is 2.30. The van der Waals surface area contributed by atoms with Crippen LogP contribution in [0.3, 0.4) is 0 Å². The van der Waals surface area contributed by atoms with E-state index in [-0.39, 0.29) is 12.6 Å². The topological polar surface area (TPSA) is 69.6 Å². The molecule has 1 atom stereocenters. The fraction of sp³-hybridized carbons (Fsp3) is 0.429. The fourth-order valence-corrected chi connectivity index (χ4v) is 2.56. The predicted molar refractivity (Wildman–Crippen MR) is 79.8 cm³/mol. The van der Waals surface area contributed by atoms with Gasteiger partial charge in [0.2, 0.25) is 0 Å². The van der Waals surface area contributed by atoms with E-state index in [9.17, 15) is 9.59 Å². The molecule has 1 saturated heterocycles. The van der Waals surface area contributed by atoms with Gasteiger partial charge in [0.1, 0.15) is 0 Å². The van der Waals surface area contributed by atoms with Crippen molar-refractivity contribution in [2.24, 2.45) is 5.41 Å². The molecule has 0 bridgehead atoms. The lowest BCUT2D eigenvalue weighted by molar-refractivity contribution is -0.146. The molecule has 5 nitrogen and oxygen atoms in total. The summed E-state index contributed by atoms with van der Waals surface area (Å²) < 4.78 is 0.923.